The molecular formula is C13H14IN5O. The molecule has 0 unspecified atom stereocenters. The first-order valence-corrected chi connectivity index (χ1v) is 7.41. The molecule has 1 amide bonds. The molecule has 0 radical (unpaired) electrons. The Kier molecular flexibility index (Phi) is 3.70. The summed E-state index contributed by atoms with van der Waals surface area (Å²) in [5, 5.41) is 14.0. The summed E-state index contributed by atoms with van der Waals surface area (Å²) in [6.45, 7) is 3.72. The zero-order chi connectivity index (χ0) is 14.1. The maximum absolute atomic E-state index is 12.1. The number of amides is 1. The van der Waals surface area contributed by atoms with Crippen molar-refractivity contribution in [1.82, 2.24) is 20.3 Å². The predicted molar refractivity (Wildman–Crippen MR) is 83.8 cm³/mol. The third-order valence-electron chi connectivity index (χ3n) is 3.31. The van der Waals surface area contributed by atoms with E-state index in [9.17, 15) is 4.79 Å². The molecule has 0 bridgehead atoms. The van der Waals surface area contributed by atoms with Gasteiger partial charge in [0, 0.05) is 22.3 Å². The SMILES string of the molecule is Cc1cc(I)ccc1NC(=O)c1cn(C2CNC2)nn1. The highest BCUT2D eigenvalue weighted by Crippen LogP contribution is 2.18. The van der Waals surface area contributed by atoms with Gasteiger partial charge in [0.25, 0.3) is 5.91 Å². The molecule has 7 heteroatoms. The molecule has 104 valence electrons. The normalized spacial score (nSPS) is 14.9. The minimum Gasteiger partial charge on any atom is -0.320 e. The molecule has 2 aromatic rings. The van der Waals surface area contributed by atoms with E-state index in [1.54, 1.807) is 10.9 Å². The second-order valence-corrected chi connectivity index (χ2v) is 6.05. The zero-order valence-electron chi connectivity index (χ0n) is 10.9. The first-order chi connectivity index (χ1) is 9.63. The van der Waals surface area contributed by atoms with E-state index in [4.69, 9.17) is 0 Å². The van der Waals surface area contributed by atoms with Crippen molar-refractivity contribution in [1.29, 1.82) is 0 Å². The van der Waals surface area contributed by atoms with Crippen LogP contribution in [0.25, 0.3) is 0 Å². The lowest BCUT2D eigenvalue weighted by Crippen LogP contribution is -2.43. The molecule has 3 rings (SSSR count). The maximum atomic E-state index is 12.1. The first kappa shape index (κ1) is 13.5. The van der Waals surface area contributed by atoms with Crippen LogP contribution in [0.4, 0.5) is 5.69 Å². The van der Waals surface area contributed by atoms with Gasteiger partial charge in [-0.1, -0.05) is 5.21 Å². The number of halogens is 1. The molecule has 1 fully saturated rings. The van der Waals surface area contributed by atoms with E-state index >= 15 is 0 Å². The Labute approximate surface area is 130 Å². The fourth-order valence-electron chi connectivity index (χ4n) is 1.97. The van der Waals surface area contributed by atoms with Crippen LogP contribution in [0.15, 0.2) is 24.4 Å². The van der Waals surface area contributed by atoms with E-state index in [0.717, 1.165) is 27.9 Å². The molecule has 1 aliphatic heterocycles. The molecule has 1 saturated heterocycles. The van der Waals surface area contributed by atoms with Gasteiger partial charge in [-0.3, -0.25) is 4.79 Å². The van der Waals surface area contributed by atoms with Crippen LogP contribution in [-0.2, 0) is 0 Å². The van der Waals surface area contributed by atoms with Gasteiger partial charge in [0.1, 0.15) is 0 Å². The van der Waals surface area contributed by atoms with Crippen LogP contribution in [0, 0.1) is 10.5 Å². The highest BCUT2D eigenvalue weighted by Gasteiger charge is 2.21. The van der Waals surface area contributed by atoms with E-state index in [2.05, 4.69) is 43.5 Å². The van der Waals surface area contributed by atoms with Gasteiger partial charge in [-0.25, -0.2) is 4.68 Å². The van der Waals surface area contributed by atoms with Crippen molar-refractivity contribution in [3.63, 3.8) is 0 Å². The van der Waals surface area contributed by atoms with E-state index in [0.29, 0.717) is 11.7 Å². The van der Waals surface area contributed by atoms with Crippen molar-refractivity contribution in [3.05, 3.63) is 39.2 Å². The Morgan fingerprint density at radius 2 is 2.30 bits per heavy atom. The summed E-state index contributed by atoms with van der Waals surface area (Å²) >= 11 is 2.24. The topological polar surface area (TPSA) is 71.8 Å². The number of anilines is 1. The number of hydrogen-bond acceptors (Lipinski definition) is 4. The average Bonchev–Trinajstić information content (AvgIpc) is 2.80. The van der Waals surface area contributed by atoms with Gasteiger partial charge in [-0.05, 0) is 53.3 Å². The third kappa shape index (κ3) is 2.68. The molecule has 20 heavy (non-hydrogen) atoms. The average molecular weight is 383 g/mol. The van der Waals surface area contributed by atoms with Crippen LogP contribution >= 0.6 is 22.6 Å². The van der Waals surface area contributed by atoms with Crippen molar-refractivity contribution in [3.8, 4) is 0 Å². The standard InChI is InChI=1S/C13H14IN5O/c1-8-4-9(14)2-3-11(8)16-13(20)12-7-19(18-17-12)10-5-15-6-10/h2-4,7,10,15H,5-6H2,1H3,(H,16,20). The molecule has 2 N–H and O–H groups in total. The number of carbonyl (C=O) groups excluding carboxylic acids is 1. The molecule has 1 aromatic heterocycles. The van der Waals surface area contributed by atoms with E-state index in [1.165, 1.54) is 0 Å². The smallest absolute Gasteiger partial charge is 0.277 e. The van der Waals surface area contributed by atoms with Crippen LogP contribution in [0.5, 0.6) is 0 Å². The van der Waals surface area contributed by atoms with Crippen molar-refractivity contribution in [2.75, 3.05) is 18.4 Å². The molecule has 0 atom stereocenters. The third-order valence-corrected chi connectivity index (χ3v) is 3.98. The molecule has 6 nitrogen and oxygen atoms in total. The molecule has 0 saturated carbocycles. The number of aryl methyl sites for hydroxylation is 1. The number of nitrogens with one attached hydrogen (secondary N) is 2. The quantitative estimate of drug-likeness (QED) is 0.790. The summed E-state index contributed by atoms with van der Waals surface area (Å²) in [5.41, 5.74) is 2.17. The van der Waals surface area contributed by atoms with Gasteiger partial charge in [0.2, 0.25) is 0 Å². The van der Waals surface area contributed by atoms with E-state index in [1.807, 2.05) is 25.1 Å². The Morgan fingerprint density at radius 3 is 2.95 bits per heavy atom. The monoisotopic (exact) mass is 383 g/mol. The number of carbonyl (C=O) groups is 1. The number of aromatic nitrogens is 3. The molecular weight excluding hydrogens is 369 g/mol. The van der Waals surface area contributed by atoms with Crippen molar-refractivity contribution >= 4 is 34.2 Å². The Morgan fingerprint density at radius 1 is 1.50 bits per heavy atom. The summed E-state index contributed by atoms with van der Waals surface area (Å²) in [6.07, 6.45) is 1.70. The number of hydrogen-bond donors (Lipinski definition) is 2. The van der Waals surface area contributed by atoms with Crippen molar-refractivity contribution in [2.24, 2.45) is 0 Å². The van der Waals surface area contributed by atoms with E-state index in [-0.39, 0.29) is 5.91 Å². The van der Waals surface area contributed by atoms with Crippen LogP contribution in [0.3, 0.4) is 0 Å². The summed E-state index contributed by atoms with van der Waals surface area (Å²) in [7, 11) is 0. The lowest BCUT2D eigenvalue weighted by molar-refractivity contribution is 0.102. The van der Waals surface area contributed by atoms with Crippen LogP contribution in [0.2, 0.25) is 0 Å². The van der Waals surface area contributed by atoms with Gasteiger partial charge in [-0.15, -0.1) is 5.10 Å². The summed E-state index contributed by atoms with van der Waals surface area (Å²) in [4.78, 5) is 12.1. The second-order valence-electron chi connectivity index (χ2n) is 4.81. The molecule has 1 aliphatic rings. The Balaban J connectivity index is 1.73. The zero-order valence-corrected chi connectivity index (χ0v) is 13.1. The van der Waals surface area contributed by atoms with Gasteiger partial charge in [0.15, 0.2) is 5.69 Å². The highest BCUT2D eigenvalue weighted by molar-refractivity contribution is 14.1. The molecule has 0 spiro atoms. The highest BCUT2D eigenvalue weighted by atomic mass is 127. The maximum Gasteiger partial charge on any atom is 0.277 e. The fourth-order valence-corrected chi connectivity index (χ4v) is 2.62. The van der Waals surface area contributed by atoms with Crippen molar-refractivity contribution in [2.45, 2.75) is 13.0 Å². The molecule has 1 aromatic carbocycles. The summed E-state index contributed by atoms with van der Waals surface area (Å²) < 4.78 is 2.88. The largest absolute Gasteiger partial charge is 0.320 e. The Hall–Kier alpha value is -1.48. The van der Waals surface area contributed by atoms with Crippen LogP contribution in [-0.4, -0.2) is 34.0 Å². The fraction of sp³-hybridized carbons (Fsp3) is 0.308. The van der Waals surface area contributed by atoms with E-state index < -0.39 is 0 Å². The lowest BCUT2D eigenvalue weighted by Gasteiger charge is -2.26. The predicted octanol–water partition coefficient (Wildman–Crippen LogP) is 1.59. The van der Waals surface area contributed by atoms with Gasteiger partial charge in [-0.2, -0.15) is 0 Å². The minimum atomic E-state index is -0.229. The Bertz CT molecular complexity index is 650. The number of nitrogens with zero attached hydrogens (tertiary/aromatic N) is 3. The first-order valence-electron chi connectivity index (χ1n) is 6.33. The van der Waals surface area contributed by atoms with Gasteiger partial charge in [0.05, 0.1) is 12.2 Å². The van der Waals surface area contributed by atoms with Crippen molar-refractivity contribution < 1.29 is 4.79 Å². The molecule has 2 heterocycles. The lowest BCUT2D eigenvalue weighted by atomic mass is 10.2. The van der Waals surface area contributed by atoms with Crippen LogP contribution < -0.4 is 10.6 Å². The van der Waals surface area contributed by atoms with Crippen LogP contribution in [0.1, 0.15) is 22.1 Å². The summed E-state index contributed by atoms with van der Waals surface area (Å²) in [6, 6.07) is 6.19. The second kappa shape index (κ2) is 5.49. The summed E-state index contributed by atoms with van der Waals surface area (Å²) in [5.74, 6) is -0.229. The number of rotatable bonds is 3. The van der Waals surface area contributed by atoms with Gasteiger partial charge >= 0.3 is 0 Å². The molecule has 0 aliphatic carbocycles. The van der Waals surface area contributed by atoms with Gasteiger partial charge < -0.3 is 10.6 Å². The number of benzene rings is 1. The minimum absolute atomic E-state index is 0.229.